The van der Waals surface area contributed by atoms with Crippen molar-refractivity contribution in [2.45, 2.75) is 43.4 Å². The second-order valence-corrected chi connectivity index (χ2v) is 11.5. The van der Waals surface area contributed by atoms with Gasteiger partial charge in [0.1, 0.15) is 4.90 Å². The van der Waals surface area contributed by atoms with E-state index in [0.717, 1.165) is 21.4 Å². The summed E-state index contributed by atoms with van der Waals surface area (Å²) in [6.45, 7) is 5.91. The third-order valence-corrected chi connectivity index (χ3v) is 9.07. The lowest BCUT2D eigenvalue weighted by molar-refractivity contribution is 0.281. The number of sulfonamides is 1. The molecule has 10 heteroatoms. The quantitative estimate of drug-likeness (QED) is 0.677. The maximum atomic E-state index is 13.2. The van der Waals surface area contributed by atoms with Gasteiger partial charge in [-0.05, 0) is 56.9 Å². The zero-order chi connectivity index (χ0) is 20.0. The Kier molecular flexibility index (Phi) is 5.55. The minimum Gasteiger partial charge on any atom is -0.207 e. The average molecular weight is 476 g/mol. The van der Waals surface area contributed by atoms with Crippen LogP contribution in [0.25, 0.3) is 0 Å². The van der Waals surface area contributed by atoms with Crippen molar-refractivity contribution in [3.05, 3.63) is 40.1 Å². The van der Waals surface area contributed by atoms with Crippen LogP contribution in [0.15, 0.2) is 38.5 Å². The van der Waals surface area contributed by atoms with Crippen LogP contribution in [0, 0.1) is 19.8 Å². The highest BCUT2D eigenvalue weighted by molar-refractivity contribution is 9.10. The summed E-state index contributed by atoms with van der Waals surface area (Å²) in [5.41, 5.74) is 0.292. The number of nitrogens with zero attached hydrogens (tertiary/aromatic N) is 3. The highest BCUT2D eigenvalue weighted by atomic mass is 79.9. The minimum atomic E-state index is -3.99. The Hall–Kier alpha value is -1.23. The normalized spacial score (nSPS) is 19.3. The van der Waals surface area contributed by atoms with Gasteiger partial charge in [-0.3, -0.25) is 0 Å². The van der Waals surface area contributed by atoms with E-state index in [0.29, 0.717) is 13.1 Å². The van der Waals surface area contributed by atoms with Crippen LogP contribution in [0.3, 0.4) is 0 Å². The minimum absolute atomic E-state index is 0.0164. The van der Waals surface area contributed by atoms with E-state index >= 15 is 0 Å². The first-order valence-electron chi connectivity index (χ1n) is 8.62. The van der Waals surface area contributed by atoms with Gasteiger partial charge >= 0.3 is 0 Å². The molecule has 0 N–H and O–H groups in total. The molecule has 1 unspecified atom stereocenters. The molecule has 0 aliphatic carbocycles. The van der Waals surface area contributed by atoms with Crippen molar-refractivity contribution in [3.8, 4) is 0 Å². The van der Waals surface area contributed by atoms with Crippen molar-refractivity contribution in [2.24, 2.45) is 5.92 Å². The van der Waals surface area contributed by atoms with Gasteiger partial charge in [0.05, 0.1) is 16.3 Å². The maximum Gasteiger partial charge on any atom is 0.283 e. The third kappa shape index (κ3) is 3.72. The first kappa shape index (κ1) is 20.5. The molecule has 1 aliphatic heterocycles. The summed E-state index contributed by atoms with van der Waals surface area (Å²) in [6, 6.07) is 6.14. The molecule has 1 aromatic heterocycles. The van der Waals surface area contributed by atoms with Crippen LogP contribution in [0.4, 0.5) is 0 Å². The molecule has 0 bridgehead atoms. The number of aromatic nitrogens is 2. The second-order valence-electron chi connectivity index (χ2n) is 6.91. The van der Waals surface area contributed by atoms with Crippen molar-refractivity contribution in [2.75, 3.05) is 13.1 Å². The van der Waals surface area contributed by atoms with E-state index < -0.39 is 20.0 Å². The second kappa shape index (κ2) is 7.31. The van der Waals surface area contributed by atoms with E-state index in [1.807, 2.05) is 6.92 Å². The molecule has 1 atom stereocenters. The Morgan fingerprint density at radius 2 is 1.70 bits per heavy atom. The molecule has 7 nitrogen and oxygen atoms in total. The highest BCUT2D eigenvalue weighted by Gasteiger charge is 2.35. The molecule has 0 radical (unpaired) electrons. The average Bonchev–Trinajstić information content (AvgIpc) is 2.91. The lowest BCUT2D eigenvalue weighted by Crippen LogP contribution is -2.39. The summed E-state index contributed by atoms with van der Waals surface area (Å²) < 4.78 is 55.3. The van der Waals surface area contributed by atoms with Gasteiger partial charge in [-0.25, -0.2) is 8.42 Å². The molecule has 1 aromatic carbocycles. The molecule has 2 aromatic rings. The van der Waals surface area contributed by atoms with Crippen LogP contribution >= 0.6 is 15.9 Å². The molecule has 2 heterocycles. The summed E-state index contributed by atoms with van der Waals surface area (Å²) in [7, 11) is -7.79. The molecule has 27 heavy (non-hydrogen) atoms. The Morgan fingerprint density at radius 1 is 1.07 bits per heavy atom. The van der Waals surface area contributed by atoms with Gasteiger partial charge in [0.25, 0.3) is 10.0 Å². The molecule has 1 fully saturated rings. The van der Waals surface area contributed by atoms with E-state index in [1.54, 1.807) is 12.1 Å². The molecular weight excluding hydrogens is 454 g/mol. The zero-order valence-corrected chi connectivity index (χ0v) is 18.6. The van der Waals surface area contributed by atoms with Crippen molar-refractivity contribution in [1.82, 2.24) is 13.5 Å². The summed E-state index contributed by atoms with van der Waals surface area (Å²) in [6.07, 6.45) is 1.78. The maximum absolute atomic E-state index is 13.2. The molecule has 0 amide bonds. The van der Waals surface area contributed by atoms with Crippen LogP contribution in [0.1, 0.15) is 31.2 Å². The molecule has 0 saturated carbocycles. The molecule has 148 valence electrons. The predicted molar refractivity (Wildman–Crippen MR) is 106 cm³/mol. The largest absolute Gasteiger partial charge is 0.283 e. The highest BCUT2D eigenvalue weighted by Crippen LogP contribution is 2.29. The van der Waals surface area contributed by atoms with Crippen molar-refractivity contribution in [3.63, 3.8) is 0 Å². The Balaban J connectivity index is 2.08. The van der Waals surface area contributed by atoms with Gasteiger partial charge in [0, 0.05) is 17.6 Å². The first-order chi connectivity index (χ1) is 12.5. The van der Waals surface area contributed by atoms with Crippen LogP contribution in [-0.2, 0) is 20.0 Å². The zero-order valence-electron chi connectivity index (χ0n) is 15.4. The van der Waals surface area contributed by atoms with E-state index in [1.165, 1.54) is 30.3 Å². The lowest BCUT2D eigenvalue weighted by Gasteiger charge is -2.30. The van der Waals surface area contributed by atoms with Crippen molar-refractivity contribution in [1.29, 1.82) is 0 Å². The summed E-state index contributed by atoms with van der Waals surface area (Å²) >= 11 is 3.27. The Bertz CT molecular complexity index is 1060. The fraction of sp³-hybridized carbons (Fsp3) is 0.471. The number of hydrogen-bond donors (Lipinski definition) is 0. The summed E-state index contributed by atoms with van der Waals surface area (Å²) in [4.78, 5) is 0.0316. The fourth-order valence-corrected chi connectivity index (χ4v) is 7.05. The topological polar surface area (TPSA) is 89.3 Å². The SMILES string of the molecule is Cc1nn(S(=O)(=O)c2ccc(Br)cc2)c(C)c1S(=O)(=O)N1CCCC(C)C1. The van der Waals surface area contributed by atoms with Crippen LogP contribution in [0.2, 0.25) is 0 Å². The van der Waals surface area contributed by atoms with Crippen molar-refractivity contribution < 1.29 is 16.8 Å². The van der Waals surface area contributed by atoms with Gasteiger partial charge in [-0.2, -0.15) is 21.9 Å². The van der Waals surface area contributed by atoms with Crippen LogP contribution < -0.4 is 0 Å². The van der Waals surface area contributed by atoms with E-state index in [2.05, 4.69) is 21.0 Å². The smallest absolute Gasteiger partial charge is 0.207 e. The summed E-state index contributed by atoms with van der Waals surface area (Å²) in [5.74, 6) is 0.274. The Labute approximate surface area is 168 Å². The predicted octanol–water partition coefficient (Wildman–Crippen LogP) is 2.92. The van der Waals surface area contributed by atoms with Gasteiger partial charge in [0.15, 0.2) is 0 Å². The van der Waals surface area contributed by atoms with Gasteiger partial charge in [-0.15, -0.1) is 0 Å². The number of halogens is 1. The molecule has 1 aliphatic rings. The standard InChI is InChI=1S/C17H22BrN3O4S2/c1-12-5-4-10-20(11-12)27(24,25)17-13(2)19-21(14(17)3)26(22,23)16-8-6-15(18)7-9-16/h6-9,12H,4-5,10-11H2,1-3H3. The molecule has 0 spiro atoms. The van der Waals surface area contributed by atoms with Crippen LogP contribution in [0.5, 0.6) is 0 Å². The van der Waals surface area contributed by atoms with E-state index in [-0.39, 0.29) is 27.1 Å². The third-order valence-electron chi connectivity index (χ3n) is 4.74. The lowest BCUT2D eigenvalue weighted by atomic mass is 10.0. The number of piperidine rings is 1. The summed E-state index contributed by atoms with van der Waals surface area (Å²) in [5, 5.41) is 4.07. The monoisotopic (exact) mass is 475 g/mol. The van der Waals surface area contributed by atoms with E-state index in [4.69, 9.17) is 0 Å². The van der Waals surface area contributed by atoms with Gasteiger partial charge < -0.3 is 0 Å². The van der Waals surface area contributed by atoms with E-state index in [9.17, 15) is 16.8 Å². The number of hydrogen-bond acceptors (Lipinski definition) is 5. The van der Waals surface area contributed by atoms with Crippen LogP contribution in [-0.4, -0.2) is 43.4 Å². The Morgan fingerprint density at radius 3 is 2.30 bits per heavy atom. The number of aryl methyl sites for hydroxylation is 1. The molecule has 1 saturated heterocycles. The number of benzene rings is 1. The fourth-order valence-electron chi connectivity index (χ4n) is 3.41. The molecular formula is C17H22BrN3O4S2. The number of rotatable bonds is 4. The van der Waals surface area contributed by atoms with Gasteiger partial charge in [0.2, 0.25) is 10.0 Å². The van der Waals surface area contributed by atoms with Gasteiger partial charge in [-0.1, -0.05) is 22.9 Å². The first-order valence-corrected chi connectivity index (χ1v) is 12.3. The molecule has 3 rings (SSSR count). The van der Waals surface area contributed by atoms with Crippen molar-refractivity contribution >= 4 is 36.0 Å².